The molecule has 2 N–H and O–H groups in total. The van der Waals surface area contributed by atoms with Crippen LogP contribution in [0.5, 0.6) is 0 Å². The molecule has 0 saturated carbocycles. The number of aromatic nitrogens is 1. The highest BCUT2D eigenvalue weighted by Crippen LogP contribution is 2.24. The average molecular weight is 281 g/mol. The number of nitrogens with one attached hydrogen (secondary N) is 2. The Labute approximate surface area is 121 Å². The van der Waals surface area contributed by atoms with Gasteiger partial charge < -0.3 is 15.2 Å². The summed E-state index contributed by atoms with van der Waals surface area (Å²) in [5.74, 6) is 1.25. The largest absolute Gasteiger partial charge is 0.359 e. The molecule has 1 aliphatic heterocycles. The monoisotopic (exact) mass is 281 g/mol. The van der Waals surface area contributed by atoms with Crippen molar-refractivity contribution in [2.24, 2.45) is 0 Å². The third kappa shape index (κ3) is 4.63. The summed E-state index contributed by atoms with van der Waals surface area (Å²) in [5.41, 5.74) is -0.0981. The first-order valence-electron chi connectivity index (χ1n) is 7.48. The first-order chi connectivity index (χ1) is 9.47. The average Bonchev–Trinajstić information content (AvgIpc) is 2.90. The van der Waals surface area contributed by atoms with Crippen LogP contribution in [0, 0.1) is 0 Å². The third-order valence-electron chi connectivity index (χ3n) is 3.13. The molecule has 0 radical (unpaired) electrons. The molecule has 2 heterocycles. The molecule has 1 aliphatic rings. The van der Waals surface area contributed by atoms with Crippen molar-refractivity contribution in [2.45, 2.75) is 65.3 Å². The van der Waals surface area contributed by atoms with Crippen LogP contribution in [0.2, 0.25) is 0 Å². The second-order valence-electron chi connectivity index (χ2n) is 5.82. The van der Waals surface area contributed by atoms with Crippen LogP contribution in [-0.4, -0.2) is 23.7 Å². The molecule has 1 aromatic heterocycles. The molecule has 1 fully saturated rings. The Hall–Kier alpha value is -1.36. The zero-order valence-corrected chi connectivity index (χ0v) is 13.2. The minimum Gasteiger partial charge on any atom is -0.359 e. The number of carbonyl (C=O) groups is 1. The van der Waals surface area contributed by atoms with Gasteiger partial charge in [0.2, 0.25) is 5.91 Å². The highest BCUT2D eigenvalue weighted by Gasteiger charge is 2.23. The summed E-state index contributed by atoms with van der Waals surface area (Å²) in [6.07, 6.45) is 3.12. The van der Waals surface area contributed by atoms with Gasteiger partial charge in [-0.05, 0) is 19.4 Å². The van der Waals surface area contributed by atoms with E-state index in [1.54, 1.807) is 6.07 Å². The first-order valence-corrected chi connectivity index (χ1v) is 7.48. The SMILES string of the molecule is CC.CC(C)(C)c1cc(NC(=O)C2CCCCN2)no1. The van der Waals surface area contributed by atoms with Crippen molar-refractivity contribution >= 4 is 11.7 Å². The highest BCUT2D eigenvalue weighted by atomic mass is 16.5. The van der Waals surface area contributed by atoms with Crippen LogP contribution in [0.3, 0.4) is 0 Å². The highest BCUT2D eigenvalue weighted by molar-refractivity contribution is 5.94. The molecule has 1 aromatic rings. The zero-order chi connectivity index (χ0) is 15.2. The van der Waals surface area contributed by atoms with Crippen LogP contribution in [0.15, 0.2) is 10.6 Å². The minimum atomic E-state index is -0.103. The van der Waals surface area contributed by atoms with Gasteiger partial charge in [0.25, 0.3) is 0 Å². The van der Waals surface area contributed by atoms with E-state index in [9.17, 15) is 4.79 Å². The van der Waals surface area contributed by atoms with E-state index in [0.717, 1.165) is 31.6 Å². The molecule has 1 amide bonds. The van der Waals surface area contributed by atoms with Gasteiger partial charge in [-0.25, -0.2) is 0 Å². The molecule has 1 saturated heterocycles. The lowest BCUT2D eigenvalue weighted by Gasteiger charge is -2.21. The Morgan fingerprint density at radius 3 is 2.60 bits per heavy atom. The fourth-order valence-corrected chi connectivity index (χ4v) is 1.98. The van der Waals surface area contributed by atoms with E-state index in [4.69, 9.17) is 4.52 Å². The predicted octanol–water partition coefficient (Wildman–Crippen LogP) is 3.08. The Kier molecular flexibility index (Phi) is 6.20. The van der Waals surface area contributed by atoms with Crippen LogP contribution >= 0.6 is 0 Å². The van der Waals surface area contributed by atoms with E-state index in [-0.39, 0.29) is 17.4 Å². The van der Waals surface area contributed by atoms with E-state index in [1.807, 2.05) is 34.6 Å². The molecule has 114 valence electrons. The molecule has 1 atom stereocenters. The number of piperidine rings is 1. The summed E-state index contributed by atoms with van der Waals surface area (Å²) >= 11 is 0. The molecule has 1 unspecified atom stereocenters. The molecule has 0 bridgehead atoms. The number of rotatable bonds is 2. The second-order valence-corrected chi connectivity index (χ2v) is 5.82. The van der Waals surface area contributed by atoms with Gasteiger partial charge in [0.05, 0.1) is 6.04 Å². The van der Waals surface area contributed by atoms with E-state index >= 15 is 0 Å². The van der Waals surface area contributed by atoms with Gasteiger partial charge >= 0.3 is 0 Å². The molecular weight excluding hydrogens is 254 g/mol. The molecule has 2 rings (SSSR count). The molecule has 5 heteroatoms. The fourth-order valence-electron chi connectivity index (χ4n) is 1.98. The van der Waals surface area contributed by atoms with Gasteiger partial charge in [-0.3, -0.25) is 4.79 Å². The van der Waals surface area contributed by atoms with E-state index < -0.39 is 0 Å². The van der Waals surface area contributed by atoms with Crippen molar-refractivity contribution in [1.29, 1.82) is 0 Å². The second kappa shape index (κ2) is 7.43. The Balaban J connectivity index is 0.000000956. The smallest absolute Gasteiger partial charge is 0.242 e. The van der Waals surface area contributed by atoms with Gasteiger partial charge in [0, 0.05) is 11.5 Å². The molecule has 20 heavy (non-hydrogen) atoms. The van der Waals surface area contributed by atoms with E-state index in [2.05, 4.69) is 15.8 Å². The zero-order valence-electron chi connectivity index (χ0n) is 13.2. The fraction of sp³-hybridized carbons (Fsp3) is 0.733. The van der Waals surface area contributed by atoms with Gasteiger partial charge in [-0.15, -0.1) is 0 Å². The van der Waals surface area contributed by atoms with Crippen LogP contribution in [0.25, 0.3) is 0 Å². The number of nitrogens with zero attached hydrogens (tertiary/aromatic N) is 1. The maximum absolute atomic E-state index is 12.0. The van der Waals surface area contributed by atoms with Crippen molar-refractivity contribution in [1.82, 2.24) is 10.5 Å². The first kappa shape index (κ1) is 16.7. The van der Waals surface area contributed by atoms with Crippen LogP contribution in [0.1, 0.15) is 59.6 Å². The van der Waals surface area contributed by atoms with Crippen molar-refractivity contribution in [3.05, 3.63) is 11.8 Å². The molecule has 0 aromatic carbocycles. The summed E-state index contributed by atoms with van der Waals surface area (Å²) in [6.45, 7) is 11.0. The van der Waals surface area contributed by atoms with Crippen molar-refractivity contribution in [3.63, 3.8) is 0 Å². The molecule has 0 aliphatic carbocycles. The number of amides is 1. The lowest BCUT2D eigenvalue weighted by Crippen LogP contribution is -2.43. The summed E-state index contributed by atoms with van der Waals surface area (Å²) in [4.78, 5) is 12.0. The number of hydrogen-bond acceptors (Lipinski definition) is 4. The van der Waals surface area contributed by atoms with Gasteiger partial charge in [-0.1, -0.05) is 46.2 Å². The van der Waals surface area contributed by atoms with Gasteiger partial charge in [0.1, 0.15) is 5.76 Å². The molecule has 0 spiro atoms. The minimum absolute atomic E-state index is 0.0246. The molecular formula is C15H27N3O2. The standard InChI is InChI=1S/C13H21N3O2.C2H6/c1-13(2,3)10-8-11(16-18-10)15-12(17)9-6-4-5-7-14-9;1-2/h8-9,14H,4-7H2,1-3H3,(H,15,16,17);1-2H3. The van der Waals surface area contributed by atoms with Crippen molar-refractivity contribution < 1.29 is 9.32 Å². The summed E-state index contributed by atoms with van der Waals surface area (Å²) in [7, 11) is 0. The lowest BCUT2D eigenvalue weighted by atomic mass is 9.93. The lowest BCUT2D eigenvalue weighted by molar-refractivity contribution is -0.118. The van der Waals surface area contributed by atoms with Crippen LogP contribution < -0.4 is 10.6 Å². The normalized spacial score (nSPS) is 18.9. The van der Waals surface area contributed by atoms with Gasteiger partial charge in [-0.2, -0.15) is 0 Å². The van der Waals surface area contributed by atoms with E-state index in [0.29, 0.717) is 5.82 Å². The van der Waals surface area contributed by atoms with E-state index in [1.165, 1.54) is 0 Å². The van der Waals surface area contributed by atoms with Crippen LogP contribution in [0.4, 0.5) is 5.82 Å². The number of carbonyl (C=O) groups excluding carboxylic acids is 1. The Bertz CT molecular complexity index is 415. The van der Waals surface area contributed by atoms with Gasteiger partial charge in [0.15, 0.2) is 5.82 Å². The Morgan fingerprint density at radius 2 is 2.10 bits per heavy atom. The third-order valence-corrected chi connectivity index (χ3v) is 3.13. The maximum Gasteiger partial charge on any atom is 0.242 e. The predicted molar refractivity (Wildman–Crippen MR) is 80.8 cm³/mol. The Morgan fingerprint density at radius 1 is 1.40 bits per heavy atom. The van der Waals surface area contributed by atoms with Crippen LogP contribution in [-0.2, 0) is 10.2 Å². The van der Waals surface area contributed by atoms with Crippen molar-refractivity contribution in [3.8, 4) is 0 Å². The summed E-state index contributed by atoms with van der Waals surface area (Å²) < 4.78 is 5.23. The summed E-state index contributed by atoms with van der Waals surface area (Å²) in [5, 5.41) is 9.89. The quantitative estimate of drug-likeness (QED) is 0.874. The summed E-state index contributed by atoms with van der Waals surface area (Å²) in [6, 6.07) is 1.69. The topological polar surface area (TPSA) is 67.2 Å². The maximum atomic E-state index is 12.0. The van der Waals surface area contributed by atoms with Crippen molar-refractivity contribution in [2.75, 3.05) is 11.9 Å². The molecule has 5 nitrogen and oxygen atoms in total. The number of hydrogen-bond donors (Lipinski definition) is 2. The number of anilines is 1.